The molecule has 0 atom stereocenters. The van der Waals surface area contributed by atoms with Gasteiger partial charge >= 0.3 is 0 Å². The molecule has 0 aliphatic carbocycles. The molecule has 4 nitrogen and oxygen atoms in total. The molecule has 0 saturated carbocycles. The lowest BCUT2D eigenvalue weighted by atomic mass is 9.78. The molecule has 1 aromatic rings. The maximum atomic E-state index is 6.18. The lowest BCUT2D eigenvalue weighted by molar-refractivity contribution is -0.0301. The Kier molecular flexibility index (Phi) is 6.16. The van der Waals surface area contributed by atoms with Crippen molar-refractivity contribution < 1.29 is 14.3 Å². The predicted octanol–water partition coefficient (Wildman–Crippen LogP) is 4.75. The van der Waals surface area contributed by atoms with Crippen LogP contribution in [0.4, 0.5) is 5.69 Å². The van der Waals surface area contributed by atoms with E-state index in [4.69, 9.17) is 14.3 Å². The molecule has 0 bridgehead atoms. The third-order valence-electron chi connectivity index (χ3n) is 5.08. The second-order valence-corrected chi connectivity index (χ2v) is 7.78. The van der Waals surface area contributed by atoms with Crippen molar-refractivity contribution in [3.63, 3.8) is 0 Å². The van der Waals surface area contributed by atoms with Gasteiger partial charge in [0.25, 0.3) is 0 Å². The summed E-state index contributed by atoms with van der Waals surface area (Å²) < 4.78 is 11.3. The minimum atomic E-state index is -0.176. The number of ether oxygens (including phenoxy) is 2. The molecule has 0 aromatic heterocycles. The number of anilines is 1. The summed E-state index contributed by atoms with van der Waals surface area (Å²) in [5.74, 6) is 0.882. The lowest BCUT2D eigenvalue weighted by Crippen LogP contribution is -2.36. The summed E-state index contributed by atoms with van der Waals surface area (Å²) in [5, 5.41) is 2.02. The van der Waals surface area contributed by atoms with E-state index in [0.29, 0.717) is 13.2 Å². The smallest absolute Gasteiger partial charge is 0.119 e. The van der Waals surface area contributed by atoms with E-state index < -0.39 is 0 Å². The first-order valence-corrected chi connectivity index (χ1v) is 9.05. The molecule has 0 spiro atoms. The summed E-state index contributed by atoms with van der Waals surface area (Å²) in [5.41, 5.74) is 2.20. The van der Waals surface area contributed by atoms with Gasteiger partial charge in [-0.25, -0.2) is 0 Å². The number of benzene rings is 1. The third kappa shape index (κ3) is 4.42. The zero-order valence-corrected chi connectivity index (χ0v) is 16.1. The monoisotopic (exact) mass is 335 g/mol. The quantitative estimate of drug-likeness (QED) is 0.642. The Morgan fingerprint density at radius 1 is 1.12 bits per heavy atom. The van der Waals surface area contributed by atoms with E-state index in [1.165, 1.54) is 0 Å². The van der Waals surface area contributed by atoms with Crippen molar-refractivity contribution in [2.75, 3.05) is 31.4 Å². The van der Waals surface area contributed by atoms with E-state index in [2.05, 4.69) is 53.7 Å². The Morgan fingerprint density at radius 3 is 2.46 bits per heavy atom. The standard InChI is InChI=1S/C20H33NO3/c1-7-8-11-22-12-13-23-17-9-10-18(16(2)14-17)21-15-19(3,4)20(5,6)24-21/h9-10,14H,7-8,11-13,15H2,1-6H3. The van der Waals surface area contributed by atoms with Gasteiger partial charge in [0.15, 0.2) is 0 Å². The number of hydrogen-bond acceptors (Lipinski definition) is 4. The van der Waals surface area contributed by atoms with E-state index in [0.717, 1.165) is 43.0 Å². The number of nitrogens with zero attached hydrogens (tertiary/aromatic N) is 1. The van der Waals surface area contributed by atoms with Gasteiger partial charge in [-0.2, -0.15) is 0 Å². The predicted molar refractivity (Wildman–Crippen MR) is 98.7 cm³/mol. The summed E-state index contributed by atoms with van der Waals surface area (Å²) in [6, 6.07) is 6.17. The molecule has 1 saturated heterocycles. The fraction of sp³-hybridized carbons (Fsp3) is 0.700. The van der Waals surface area contributed by atoms with Crippen molar-refractivity contribution in [1.29, 1.82) is 0 Å². The minimum absolute atomic E-state index is 0.102. The van der Waals surface area contributed by atoms with Crippen LogP contribution in [-0.2, 0) is 9.57 Å². The molecule has 1 aliphatic heterocycles. The lowest BCUT2D eigenvalue weighted by Gasteiger charge is -2.30. The third-order valence-corrected chi connectivity index (χ3v) is 5.08. The molecule has 4 heteroatoms. The van der Waals surface area contributed by atoms with Crippen molar-refractivity contribution in [2.45, 2.75) is 60.0 Å². The molecule has 1 fully saturated rings. The van der Waals surface area contributed by atoms with Crippen molar-refractivity contribution in [2.24, 2.45) is 5.41 Å². The van der Waals surface area contributed by atoms with Crippen molar-refractivity contribution in [1.82, 2.24) is 0 Å². The van der Waals surface area contributed by atoms with Crippen LogP contribution in [0.3, 0.4) is 0 Å². The molecular weight excluding hydrogens is 302 g/mol. The highest BCUT2D eigenvalue weighted by Gasteiger charge is 2.47. The first kappa shape index (κ1) is 19.1. The topological polar surface area (TPSA) is 30.9 Å². The van der Waals surface area contributed by atoms with Gasteiger partial charge in [-0.1, -0.05) is 27.2 Å². The highest BCUT2D eigenvalue weighted by Crippen LogP contribution is 2.44. The molecule has 2 rings (SSSR count). The Bertz CT molecular complexity index is 524. The average Bonchev–Trinajstić information content (AvgIpc) is 2.71. The minimum Gasteiger partial charge on any atom is -0.491 e. The van der Waals surface area contributed by atoms with Crippen LogP contribution in [-0.4, -0.2) is 32.0 Å². The van der Waals surface area contributed by atoms with Crippen molar-refractivity contribution in [3.05, 3.63) is 23.8 Å². The molecule has 0 radical (unpaired) electrons. The van der Waals surface area contributed by atoms with Crippen LogP contribution >= 0.6 is 0 Å². The van der Waals surface area contributed by atoms with Crippen molar-refractivity contribution >= 4 is 5.69 Å². The van der Waals surface area contributed by atoms with E-state index in [1.54, 1.807) is 0 Å². The molecule has 0 N–H and O–H groups in total. The number of hydrogen-bond donors (Lipinski definition) is 0. The maximum Gasteiger partial charge on any atom is 0.119 e. The Labute approximate surface area is 147 Å². The first-order valence-electron chi connectivity index (χ1n) is 9.05. The van der Waals surface area contributed by atoms with Crippen molar-refractivity contribution in [3.8, 4) is 5.75 Å². The largest absolute Gasteiger partial charge is 0.491 e. The van der Waals surface area contributed by atoms with Gasteiger partial charge in [0, 0.05) is 12.0 Å². The summed E-state index contributed by atoms with van der Waals surface area (Å²) in [6.45, 7) is 16.0. The molecule has 1 aromatic carbocycles. The van der Waals surface area contributed by atoms with Gasteiger partial charge in [0.1, 0.15) is 12.4 Å². The SMILES string of the molecule is CCCCOCCOc1ccc(N2CC(C)(C)C(C)(C)O2)c(C)c1. The molecule has 1 heterocycles. The number of unbranched alkanes of at least 4 members (excludes halogenated alkanes) is 1. The van der Waals surface area contributed by atoms with Crippen LogP contribution in [0.25, 0.3) is 0 Å². The molecule has 24 heavy (non-hydrogen) atoms. The summed E-state index contributed by atoms with van der Waals surface area (Å²) in [7, 11) is 0. The molecule has 1 aliphatic rings. The van der Waals surface area contributed by atoms with E-state index in [1.807, 2.05) is 11.1 Å². The normalized spacial score (nSPS) is 18.8. The first-order chi connectivity index (χ1) is 11.3. The zero-order chi connectivity index (χ0) is 17.8. The summed E-state index contributed by atoms with van der Waals surface area (Å²) in [6.07, 6.45) is 2.27. The van der Waals surface area contributed by atoms with E-state index >= 15 is 0 Å². The van der Waals surface area contributed by atoms with Crippen LogP contribution in [0.15, 0.2) is 18.2 Å². The second kappa shape index (κ2) is 7.75. The van der Waals surface area contributed by atoms with Crippen LogP contribution in [0.2, 0.25) is 0 Å². The average molecular weight is 335 g/mol. The van der Waals surface area contributed by atoms with E-state index in [9.17, 15) is 0 Å². The fourth-order valence-electron chi connectivity index (χ4n) is 2.68. The molecule has 0 amide bonds. The van der Waals surface area contributed by atoms with E-state index in [-0.39, 0.29) is 11.0 Å². The van der Waals surface area contributed by atoms with Crippen LogP contribution < -0.4 is 9.80 Å². The number of aryl methyl sites for hydroxylation is 1. The van der Waals surface area contributed by atoms with Gasteiger partial charge in [-0.05, 0) is 51.0 Å². The fourth-order valence-corrected chi connectivity index (χ4v) is 2.68. The molecule has 0 unspecified atom stereocenters. The van der Waals surface area contributed by atoms with Gasteiger partial charge < -0.3 is 9.47 Å². The van der Waals surface area contributed by atoms with Gasteiger partial charge in [-0.3, -0.25) is 9.90 Å². The number of rotatable bonds is 8. The zero-order valence-electron chi connectivity index (χ0n) is 16.1. The van der Waals surface area contributed by atoms with Crippen LogP contribution in [0.5, 0.6) is 5.75 Å². The summed E-state index contributed by atoms with van der Waals surface area (Å²) >= 11 is 0. The summed E-state index contributed by atoms with van der Waals surface area (Å²) in [4.78, 5) is 6.18. The van der Waals surface area contributed by atoms with Crippen LogP contribution in [0, 0.1) is 12.3 Å². The molecule has 136 valence electrons. The Morgan fingerprint density at radius 2 is 1.88 bits per heavy atom. The number of hydroxylamine groups is 1. The second-order valence-electron chi connectivity index (χ2n) is 7.78. The Hall–Kier alpha value is -1.26. The Balaban J connectivity index is 1.91. The highest BCUT2D eigenvalue weighted by molar-refractivity contribution is 5.55. The maximum absolute atomic E-state index is 6.18. The highest BCUT2D eigenvalue weighted by atomic mass is 16.7. The van der Waals surface area contributed by atoms with Crippen LogP contribution in [0.1, 0.15) is 53.0 Å². The van der Waals surface area contributed by atoms with Gasteiger partial charge in [0.2, 0.25) is 0 Å². The van der Waals surface area contributed by atoms with Gasteiger partial charge in [-0.15, -0.1) is 0 Å². The van der Waals surface area contributed by atoms with Gasteiger partial charge in [0.05, 0.1) is 24.4 Å². The molecular formula is C20H33NO3.